The standard InChI is InChI=1S/C28H30F2N8/c1-36-16-28(17-36)6-9-37(10-7-28)15-18-4-5-23(31-13-18)33-27-32-14-21(30)25(35-27)19-11-20(29)26-22(12-19)38-8-2-3-24(38)34-26/h4-5,11-14H,2-3,6-10,15-17H2,1H3,(H,31,32,33,35). The van der Waals surface area contributed by atoms with Crippen molar-refractivity contribution in [2.45, 2.75) is 38.8 Å². The van der Waals surface area contributed by atoms with Crippen LogP contribution in [-0.4, -0.2) is 67.5 Å². The van der Waals surface area contributed by atoms with E-state index < -0.39 is 11.6 Å². The number of anilines is 2. The van der Waals surface area contributed by atoms with E-state index in [0.717, 1.165) is 56.6 Å². The van der Waals surface area contributed by atoms with Crippen LogP contribution in [0.5, 0.6) is 0 Å². The molecule has 6 heterocycles. The summed E-state index contributed by atoms with van der Waals surface area (Å²) in [5.74, 6) is 0.541. The lowest BCUT2D eigenvalue weighted by molar-refractivity contribution is -0.0329. The zero-order valence-corrected chi connectivity index (χ0v) is 21.4. The second kappa shape index (κ2) is 9.06. The fourth-order valence-corrected chi connectivity index (χ4v) is 6.40. The fraction of sp³-hybridized carbons (Fsp3) is 0.429. The summed E-state index contributed by atoms with van der Waals surface area (Å²) in [6, 6.07) is 6.98. The molecule has 3 aliphatic heterocycles. The maximum atomic E-state index is 14.9. The molecule has 0 bridgehead atoms. The van der Waals surface area contributed by atoms with Crippen molar-refractivity contribution < 1.29 is 8.78 Å². The largest absolute Gasteiger partial charge is 0.328 e. The first kappa shape index (κ1) is 23.6. The predicted molar refractivity (Wildman–Crippen MR) is 141 cm³/mol. The summed E-state index contributed by atoms with van der Waals surface area (Å²) in [5, 5.41) is 3.06. The normalized spacial score (nSPS) is 19.1. The van der Waals surface area contributed by atoms with Gasteiger partial charge >= 0.3 is 0 Å². The SMILES string of the molecule is CN1CC2(CCN(Cc3ccc(Nc4ncc(F)c(-c5cc(F)c6nc7n(c6c5)CCC7)n4)nc3)CC2)C1. The molecule has 1 spiro atoms. The van der Waals surface area contributed by atoms with Crippen molar-refractivity contribution in [1.82, 2.24) is 34.3 Å². The number of pyridine rings is 1. The second-order valence-corrected chi connectivity index (χ2v) is 11.1. The molecule has 2 saturated heterocycles. The van der Waals surface area contributed by atoms with Crippen molar-refractivity contribution >= 4 is 22.8 Å². The van der Waals surface area contributed by atoms with Gasteiger partial charge in [0.2, 0.25) is 5.95 Å². The maximum Gasteiger partial charge on any atom is 0.229 e. The molecule has 7 rings (SSSR count). The van der Waals surface area contributed by atoms with Gasteiger partial charge in [0.05, 0.1) is 11.7 Å². The van der Waals surface area contributed by atoms with Gasteiger partial charge in [0, 0.05) is 44.4 Å². The Labute approximate surface area is 219 Å². The zero-order chi connectivity index (χ0) is 25.9. The van der Waals surface area contributed by atoms with E-state index in [1.807, 2.05) is 22.9 Å². The number of aromatic nitrogens is 5. The Morgan fingerprint density at radius 3 is 2.58 bits per heavy atom. The monoisotopic (exact) mass is 516 g/mol. The minimum atomic E-state index is -0.615. The third kappa shape index (κ3) is 4.21. The molecule has 0 unspecified atom stereocenters. The highest BCUT2D eigenvalue weighted by atomic mass is 19.1. The highest BCUT2D eigenvalue weighted by Gasteiger charge is 2.42. The van der Waals surface area contributed by atoms with E-state index in [2.05, 4.69) is 42.1 Å². The van der Waals surface area contributed by atoms with E-state index in [4.69, 9.17) is 0 Å². The molecule has 0 amide bonds. The van der Waals surface area contributed by atoms with Crippen LogP contribution in [-0.2, 0) is 19.5 Å². The van der Waals surface area contributed by atoms with Crippen LogP contribution < -0.4 is 5.32 Å². The molecule has 2 fully saturated rings. The van der Waals surface area contributed by atoms with Gasteiger partial charge < -0.3 is 14.8 Å². The minimum Gasteiger partial charge on any atom is -0.328 e. The van der Waals surface area contributed by atoms with Crippen LogP contribution >= 0.6 is 0 Å². The van der Waals surface area contributed by atoms with Crippen molar-refractivity contribution in [1.29, 1.82) is 0 Å². The molecule has 0 aliphatic carbocycles. The molecule has 4 aromatic rings. The van der Waals surface area contributed by atoms with E-state index in [1.165, 1.54) is 32.0 Å². The van der Waals surface area contributed by atoms with E-state index >= 15 is 0 Å². The van der Waals surface area contributed by atoms with Crippen LogP contribution in [0, 0.1) is 17.0 Å². The van der Waals surface area contributed by atoms with Crippen molar-refractivity contribution in [3.8, 4) is 11.3 Å². The summed E-state index contributed by atoms with van der Waals surface area (Å²) in [6.07, 6.45) is 7.27. The number of hydrogen-bond donors (Lipinski definition) is 1. The van der Waals surface area contributed by atoms with Crippen LogP contribution in [0.3, 0.4) is 0 Å². The summed E-state index contributed by atoms with van der Waals surface area (Å²) in [7, 11) is 2.20. The van der Waals surface area contributed by atoms with Crippen LogP contribution in [0.4, 0.5) is 20.5 Å². The van der Waals surface area contributed by atoms with E-state index in [9.17, 15) is 8.78 Å². The summed E-state index contributed by atoms with van der Waals surface area (Å²) >= 11 is 0. The van der Waals surface area contributed by atoms with Gasteiger partial charge in [0.15, 0.2) is 11.6 Å². The Morgan fingerprint density at radius 2 is 1.82 bits per heavy atom. The molecular formula is C28H30F2N8. The summed E-state index contributed by atoms with van der Waals surface area (Å²) in [5.41, 5.74) is 3.07. The first-order chi connectivity index (χ1) is 18.4. The van der Waals surface area contributed by atoms with Gasteiger partial charge in [0.25, 0.3) is 0 Å². The van der Waals surface area contributed by atoms with Crippen LogP contribution in [0.2, 0.25) is 0 Å². The Bertz CT molecular complexity index is 1500. The highest BCUT2D eigenvalue weighted by molar-refractivity contribution is 5.83. The Morgan fingerprint density at radius 1 is 0.974 bits per heavy atom. The van der Waals surface area contributed by atoms with Gasteiger partial charge in [-0.2, -0.15) is 0 Å². The number of imidazole rings is 1. The molecule has 0 saturated carbocycles. The van der Waals surface area contributed by atoms with E-state index in [0.29, 0.717) is 27.8 Å². The third-order valence-corrected chi connectivity index (χ3v) is 8.28. The van der Waals surface area contributed by atoms with Gasteiger partial charge in [-0.15, -0.1) is 0 Å². The van der Waals surface area contributed by atoms with Crippen molar-refractivity contribution in [3.05, 3.63) is 59.7 Å². The fourth-order valence-electron chi connectivity index (χ4n) is 6.40. The number of hydrogen-bond acceptors (Lipinski definition) is 7. The summed E-state index contributed by atoms with van der Waals surface area (Å²) in [4.78, 5) is 22.3. The van der Waals surface area contributed by atoms with Crippen LogP contribution in [0.1, 0.15) is 30.7 Å². The Hall–Kier alpha value is -3.50. The zero-order valence-electron chi connectivity index (χ0n) is 21.4. The van der Waals surface area contributed by atoms with Gasteiger partial charge in [-0.3, -0.25) is 4.90 Å². The van der Waals surface area contributed by atoms with Gasteiger partial charge in [0.1, 0.15) is 22.9 Å². The quantitative estimate of drug-likeness (QED) is 0.422. The highest BCUT2D eigenvalue weighted by Crippen LogP contribution is 2.39. The van der Waals surface area contributed by atoms with Gasteiger partial charge in [-0.25, -0.2) is 28.7 Å². The molecule has 1 N–H and O–H groups in total. The van der Waals surface area contributed by atoms with Gasteiger partial charge in [-0.1, -0.05) is 6.07 Å². The first-order valence-corrected chi connectivity index (χ1v) is 13.3. The average Bonchev–Trinajstić information content (AvgIpc) is 3.49. The molecule has 8 nitrogen and oxygen atoms in total. The maximum absolute atomic E-state index is 14.9. The van der Waals surface area contributed by atoms with Crippen molar-refractivity contribution in [2.75, 3.05) is 38.5 Å². The summed E-state index contributed by atoms with van der Waals surface area (Å²) in [6.45, 7) is 6.35. The van der Waals surface area contributed by atoms with Crippen molar-refractivity contribution in [3.63, 3.8) is 0 Å². The topological polar surface area (TPSA) is 75.0 Å². The summed E-state index contributed by atoms with van der Waals surface area (Å²) < 4.78 is 31.6. The molecule has 3 aliphatic rings. The molecule has 196 valence electrons. The number of benzene rings is 1. The van der Waals surface area contributed by atoms with Crippen LogP contribution in [0.25, 0.3) is 22.3 Å². The lowest BCUT2D eigenvalue weighted by Crippen LogP contribution is -2.58. The number of nitrogens with zero attached hydrogens (tertiary/aromatic N) is 7. The van der Waals surface area contributed by atoms with Crippen LogP contribution in [0.15, 0.2) is 36.7 Å². The molecule has 3 aromatic heterocycles. The number of aryl methyl sites for hydroxylation is 2. The Kier molecular flexibility index (Phi) is 5.63. The first-order valence-electron chi connectivity index (χ1n) is 13.3. The van der Waals surface area contributed by atoms with Gasteiger partial charge in [-0.05, 0) is 68.6 Å². The minimum absolute atomic E-state index is 0.0361. The van der Waals surface area contributed by atoms with E-state index in [-0.39, 0.29) is 11.6 Å². The lowest BCUT2D eigenvalue weighted by Gasteiger charge is -2.53. The number of nitrogens with one attached hydrogen (secondary N) is 1. The number of likely N-dealkylation sites (tertiary alicyclic amines) is 2. The molecule has 38 heavy (non-hydrogen) atoms. The molecule has 0 atom stereocenters. The average molecular weight is 517 g/mol. The third-order valence-electron chi connectivity index (χ3n) is 8.28. The molecule has 10 heteroatoms. The Balaban J connectivity index is 1.05. The number of fused-ring (bicyclic) bond motifs is 3. The smallest absolute Gasteiger partial charge is 0.229 e. The lowest BCUT2D eigenvalue weighted by atomic mass is 9.72. The molecule has 1 aromatic carbocycles. The van der Waals surface area contributed by atoms with Crippen molar-refractivity contribution in [2.24, 2.45) is 5.41 Å². The second-order valence-electron chi connectivity index (χ2n) is 11.1. The number of halogens is 2. The molecule has 0 radical (unpaired) electrons. The predicted octanol–water partition coefficient (Wildman–Crippen LogP) is 4.38. The number of rotatable bonds is 5. The molecular weight excluding hydrogens is 486 g/mol. The van der Waals surface area contributed by atoms with E-state index in [1.54, 1.807) is 6.07 Å². The number of piperidine rings is 1.